The molecule has 2 rings (SSSR count). The molecular formula is C8H5N5O5S. The largest absolute Gasteiger partial charge is 0.480 e. The van der Waals surface area contributed by atoms with Gasteiger partial charge in [-0.2, -0.15) is 8.42 Å². The Hall–Kier alpha value is -2.65. The van der Waals surface area contributed by atoms with Crippen molar-refractivity contribution in [3.05, 3.63) is 38.3 Å². The molecule has 0 saturated carbocycles. The van der Waals surface area contributed by atoms with Crippen LogP contribution in [0.5, 0.6) is 0 Å². The fraction of sp³-hybridized carbons (Fsp3) is 0.125. The molecule has 0 radical (unpaired) electrons. The average molecular weight is 283 g/mol. The minimum Gasteiger partial charge on any atom is -0.480 e. The van der Waals surface area contributed by atoms with Crippen LogP contribution in [0.4, 0.5) is 11.4 Å². The van der Waals surface area contributed by atoms with Crippen LogP contribution in [-0.2, 0) is 14.8 Å². The lowest BCUT2D eigenvalue weighted by Gasteiger charge is -2.04. The Morgan fingerprint density at radius 2 is 2.21 bits per heavy atom. The number of nitrogens with zero attached hydrogens (tertiary/aromatic N) is 5. The minimum atomic E-state index is -4.09. The Kier molecular flexibility index (Phi) is 2.85. The molecule has 1 aromatic carbocycles. The molecule has 0 aromatic heterocycles. The molecule has 0 spiro atoms. The van der Waals surface area contributed by atoms with Crippen molar-refractivity contribution in [1.29, 1.82) is 0 Å². The molecule has 10 nitrogen and oxygen atoms in total. The molecule has 1 aromatic rings. The first kappa shape index (κ1) is 12.8. The van der Waals surface area contributed by atoms with Crippen LogP contribution >= 0.6 is 0 Å². The Labute approximate surface area is 106 Å². The molecule has 0 bridgehead atoms. The fourth-order valence-corrected chi connectivity index (χ4v) is 2.78. The molecule has 1 heterocycles. The smallest absolute Gasteiger partial charge is 0.286 e. The number of benzene rings is 1. The summed E-state index contributed by atoms with van der Waals surface area (Å²) >= 11 is 0. The molecule has 0 saturated heterocycles. The second kappa shape index (κ2) is 4.23. The van der Waals surface area contributed by atoms with Gasteiger partial charge in [0.15, 0.2) is 0 Å². The van der Waals surface area contributed by atoms with Gasteiger partial charge in [0.1, 0.15) is 4.90 Å². The molecule has 1 aliphatic heterocycles. The van der Waals surface area contributed by atoms with E-state index >= 15 is 0 Å². The van der Waals surface area contributed by atoms with E-state index in [0.29, 0.717) is 0 Å². The molecule has 98 valence electrons. The van der Waals surface area contributed by atoms with Crippen molar-refractivity contribution in [2.24, 2.45) is 9.51 Å². The Morgan fingerprint density at radius 3 is 2.74 bits per heavy atom. The highest BCUT2D eigenvalue weighted by atomic mass is 32.2. The van der Waals surface area contributed by atoms with Gasteiger partial charge in [0.05, 0.1) is 23.3 Å². The molecule has 19 heavy (non-hydrogen) atoms. The Balaban J connectivity index is 2.88. The van der Waals surface area contributed by atoms with E-state index in [4.69, 9.17) is 10.3 Å². The Morgan fingerprint density at radius 1 is 1.53 bits per heavy atom. The first-order valence-corrected chi connectivity index (χ1v) is 6.11. The van der Waals surface area contributed by atoms with Gasteiger partial charge in [-0.3, -0.25) is 10.1 Å². The third kappa shape index (κ3) is 1.96. The van der Waals surface area contributed by atoms with Gasteiger partial charge in [-0.1, -0.05) is 5.11 Å². The second-order valence-electron chi connectivity index (χ2n) is 3.36. The highest BCUT2D eigenvalue weighted by Crippen LogP contribution is 2.37. The molecule has 0 unspecified atom stereocenters. The molecule has 1 aliphatic rings. The number of hydrogen-bond donors (Lipinski definition) is 0. The second-order valence-corrected chi connectivity index (χ2v) is 4.93. The topological polar surface area (TPSA) is 148 Å². The summed E-state index contributed by atoms with van der Waals surface area (Å²) in [5, 5.41) is 14.0. The lowest BCUT2D eigenvalue weighted by atomic mass is 10.1. The summed E-state index contributed by atoms with van der Waals surface area (Å²) < 4.78 is 31.5. The van der Waals surface area contributed by atoms with Gasteiger partial charge in [-0.25, -0.2) is 0 Å². The summed E-state index contributed by atoms with van der Waals surface area (Å²) in [6, 6.07) is 1.80. The van der Waals surface area contributed by atoms with E-state index < -0.39 is 25.5 Å². The van der Waals surface area contributed by atoms with Crippen LogP contribution in [0.25, 0.3) is 10.4 Å². The molecule has 0 amide bonds. The number of nitro benzene ring substituents is 1. The van der Waals surface area contributed by atoms with Gasteiger partial charge in [0.2, 0.25) is 5.90 Å². The van der Waals surface area contributed by atoms with Crippen LogP contribution in [0.2, 0.25) is 0 Å². The molecule has 0 aliphatic carbocycles. The van der Waals surface area contributed by atoms with E-state index in [2.05, 4.69) is 14.4 Å². The van der Waals surface area contributed by atoms with E-state index in [-0.39, 0.29) is 17.1 Å². The summed E-state index contributed by atoms with van der Waals surface area (Å²) in [5.74, 6) is -0.271. The van der Waals surface area contributed by atoms with Crippen molar-refractivity contribution in [2.75, 3.05) is 7.11 Å². The van der Waals surface area contributed by atoms with Crippen molar-refractivity contribution in [2.45, 2.75) is 4.90 Å². The van der Waals surface area contributed by atoms with Crippen LogP contribution in [-0.4, -0.2) is 26.3 Å². The highest BCUT2D eigenvalue weighted by molar-refractivity contribution is 7.90. The monoisotopic (exact) mass is 283 g/mol. The first-order valence-electron chi connectivity index (χ1n) is 4.67. The van der Waals surface area contributed by atoms with E-state index in [1.54, 1.807) is 0 Å². The van der Waals surface area contributed by atoms with Gasteiger partial charge in [0.25, 0.3) is 15.7 Å². The normalized spacial score (nSPS) is 15.1. The van der Waals surface area contributed by atoms with Crippen molar-refractivity contribution in [1.82, 2.24) is 0 Å². The van der Waals surface area contributed by atoms with Gasteiger partial charge < -0.3 is 4.74 Å². The zero-order valence-corrected chi connectivity index (χ0v) is 10.2. The average Bonchev–Trinajstić information content (AvgIpc) is 2.61. The summed E-state index contributed by atoms with van der Waals surface area (Å²) in [6.07, 6.45) is 0. The van der Waals surface area contributed by atoms with Crippen LogP contribution in [0, 0.1) is 10.1 Å². The first-order chi connectivity index (χ1) is 8.90. The van der Waals surface area contributed by atoms with Crippen LogP contribution < -0.4 is 0 Å². The number of fused-ring (bicyclic) bond motifs is 1. The number of non-ortho nitro benzene ring substituents is 1. The Bertz CT molecular complexity index is 762. The summed E-state index contributed by atoms with van der Waals surface area (Å²) in [7, 11) is -2.90. The lowest BCUT2D eigenvalue weighted by Crippen LogP contribution is -2.02. The maximum atomic E-state index is 11.7. The van der Waals surface area contributed by atoms with Crippen molar-refractivity contribution < 1.29 is 18.1 Å². The standard InChI is InChI=1S/C8H5N5O5S/c1-18-8-7-5(10-12-9)2-4(13(14)15)3-6(7)19(16,17)11-8/h2-3H,1H3. The number of rotatable bonds is 2. The molecule has 0 N–H and O–H groups in total. The van der Waals surface area contributed by atoms with E-state index in [9.17, 15) is 18.5 Å². The number of hydrogen-bond acceptors (Lipinski definition) is 6. The van der Waals surface area contributed by atoms with Crippen molar-refractivity contribution in [3.8, 4) is 0 Å². The van der Waals surface area contributed by atoms with Crippen LogP contribution in [0.1, 0.15) is 5.56 Å². The summed E-state index contributed by atoms with van der Waals surface area (Å²) in [6.45, 7) is 0. The predicted molar refractivity (Wildman–Crippen MR) is 62.6 cm³/mol. The maximum absolute atomic E-state index is 11.7. The fourth-order valence-electron chi connectivity index (χ4n) is 1.58. The quantitative estimate of drug-likeness (QED) is 0.266. The summed E-state index contributed by atoms with van der Waals surface area (Å²) in [4.78, 5) is 12.0. The van der Waals surface area contributed by atoms with Crippen LogP contribution in [0.3, 0.4) is 0 Å². The molecule has 0 atom stereocenters. The van der Waals surface area contributed by atoms with Crippen molar-refractivity contribution >= 4 is 27.3 Å². The minimum absolute atomic E-state index is 0.0779. The molecule has 11 heteroatoms. The van der Waals surface area contributed by atoms with Gasteiger partial charge in [-0.15, -0.1) is 4.40 Å². The van der Waals surface area contributed by atoms with Gasteiger partial charge in [-0.05, 0) is 5.53 Å². The number of methoxy groups -OCH3 is 1. The van der Waals surface area contributed by atoms with Crippen LogP contribution in [0.15, 0.2) is 26.5 Å². The highest BCUT2D eigenvalue weighted by Gasteiger charge is 2.34. The SMILES string of the molecule is COC1=NS(=O)(=O)c2cc([N+](=O)[O-])cc(N=[N+]=[N-])c21. The zero-order valence-electron chi connectivity index (χ0n) is 9.34. The third-order valence-corrected chi connectivity index (χ3v) is 3.60. The zero-order chi connectivity index (χ0) is 14.2. The third-order valence-electron chi connectivity index (χ3n) is 2.32. The number of ether oxygens (including phenoxy) is 1. The van der Waals surface area contributed by atoms with E-state index in [1.807, 2.05) is 0 Å². The predicted octanol–water partition coefficient (Wildman–Crippen LogP) is 1.63. The van der Waals surface area contributed by atoms with Gasteiger partial charge >= 0.3 is 0 Å². The van der Waals surface area contributed by atoms with Crippen molar-refractivity contribution in [3.63, 3.8) is 0 Å². The molecular weight excluding hydrogens is 278 g/mol. The number of azide groups is 1. The number of nitro groups is 1. The maximum Gasteiger partial charge on any atom is 0.286 e. The summed E-state index contributed by atoms with van der Waals surface area (Å²) in [5.41, 5.74) is 7.61. The number of sulfonamides is 1. The lowest BCUT2D eigenvalue weighted by molar-refractivity contribution is -0.385. The van der Waals surface area contributed by atoms with Gasteiger partial charge in [0, 0.05) is 17.0 Å². The van der Waals surface area contributed by atoms with E-state index in [1.165, 1.54) is 7.11 Å². The molecule has 0 fully saturated rings. The van der Waals surface area contributed by atoms with E-state index in [0.717, 1.165) is 12.1 Å².